The predicted molar refractivity (Wildman–Crippen MR) is 66.1 cm³/mol. The van der Waals surface area contributed by atoms with Crippen molar-refractivity contribution in [3.63, 3.8) is 0 Å². The van der Waals surface area contributed by atoms with Crippen LogP contribution in [-0.4, -0.2) is 35.6 Å². The summed E-state index contributed by atoms with van der Waals surface area (Å²) < 4.78 is 1.82. The minimum Gasteiger partial charge on any atom is -0.476 e. The van der Waals surface area contributed by atoms with Gasteiger partial charge in [-0.25, -0.2) is 14.8 Å². The molecule has 0 fully saturated rings. The Morgan fingerprint density at radius 2 is 2.11 bits per heavy atom. The van der Waals surface area contributed by atoms with Gasteiger partial charge in [0.05, 0.1) is 12.4 Å². The molecule has 0 saturated carbocycles. The second kappa shape index (κ2) is 4.65. The van der Waals surface area contributed by atoms with Crippen molar-refractivity contribution >= 4 is 23.4 Å². The molecular weight excluding hydrogens is 266 g/mol. The summed E-state index contributed by atoms with van der Waals surface area (Å²) in [6.45, 7) is 0. The summed E-state index contributed by atoms with van der Waals surface area (Å²) in [6.07, 6.45) is 4.46. The van der Waals surface area contributed by atoms with Crippen LogP contribution in [-0.2, 0) is 0 Å². The highest BCUT2D eigenvalue weighted by molar-refractivity contribution is 7.99. The third-order valence-corrected chi connectivity index (χ3v) is 3.21. The fraction of sp³-hybridized carbons (Fsp3) is 0. The van der Waals surface area contributed by atoms with E-state index in [9.17, 15) is 4.79 Å². The zero-order valence-electron chi connectivity index (χ0n) is 9.46. The molecule has 0 unspecified atom stereocenters. The van der Waals surface area contributed by atoms with Gasteiger partial charge in [0.2, 0.25) is 5.16 Å². The van der Waals surface area contributed by atoms with Gasteiger partial charge >= 0.3 is 5.97 Å². The van der Waals surface area contributed by atoms with Gasteiger partial charge in [0, 0.05) is 6.20 Å². The third kappa shape index (κ3) is 2.25. The van der Waals surface area contributed by atoms with Crippen LogP contribution in [0.3, 0.4) is 0 Å². The quantitative estimate of drug-likeness (QED) is 0.770. The Morgan fingerprint density at radius 3 is 2.84 bits per heavy atom. The van der Waals surface area contributed by atoms with Gasteiger partial charge in [-0.3, -0.25) is 4.40 Å². The molecule has 94 valence electrons. The van der Waals surface area contributed by atoms with Gasteiger partial charge in [-0.2, -0.15) is 0 Å². The molecule has 0 atom stereocenters. The second-order valence-electron chi connectivity index (χ2n) is 3.56. The fourth-order valence-corrected chi connectivity index (χ4v) is 2.19. The van der Waals surface area contributed by atoms with Crippen LogP contribution in [0.15, 0.2) is 47.0 Å². The van der Waals surface area contributed by atoms with Gasteiger partial charge in [0.1, 0.15) is 5.03 Å². The van der Waals surface area contributed by atoms with Crippen LogP contribution in [0.2, 0.25) is 0 Å². The molecule has 0 bridgehead atoms. The van der Waals surface area contributed by atoms with Crippen molar-refractivity contribution in [2.75, 3.05) is 0 Å². The lowest BCUT2D eigenvalue weighted by Crippen LogP contribution is -2.00. The van der Waals surface area contributed by atoms with Crippen LogP contribution in [0.25, 0.3) is 5.65 Å². The van der Waals surface area contributed by atoms with Crippen molar-refractivity contribution < 1.29 is 9.90 Å². The number of pyridine rings is 1. The molecule has 0 amide bonds. The van der Waals surface area contributed by atoms with E-state index in [1.165, 1.54) is 24.2 Å². The normalized spacial score (nSPS) is 10.7. The molecule has 3 rings (SSSR count). The van der Waals surface area contributed by atoms with Crippen LogP contribution < -0.4 is 0 Å². The zero-order chi connectivity index (χ0) is 13.2. The minimum absolute atomic E-state index is 0.0875. The van der Waals surface area contributed by atoms with Crippen molar-refractivity contribution in [1.82, 2.24) is 24.6 Å². The number of carbonyl (C=O) groups is 1. The standard InChI is InChI=1S/C11H7N5O2S/c17-10(18)7-5-13-9(6-12-7)19-11-15-14-8-3-1-2-4-16(8)11/h1-6H,(H,17,18). The van der Waals surface area contributed by atoms with E-state index < -0.39 is 5.97 Å². The van der Waals surface area contributed by atoms with E-state index in [4.69, 9.17) is 5.11 Å². The number of nitrogens with zero attached hydrogens (tertiary/aromatic N) is 5. The molecule has 3 aromatic heterocycles. The highest BCUT2D eigenvalue weighted by atomic mass is 32.2. The molecule has 8 heteroatoms. The number of carboxylic acid groups (broad SMARTS) is 1. The molecule has 0 aliphatic heterocycles. The highest BCUT2D eigenvalue weighted by Crippen LogP contribution is 2.23. The smallest absolute Gasteiger partial charge is 0.356 e. The summed E-state index contributed by atoms with van der Waals surface area (Å²) in [5.41, 5.74) is 0.649. The highest BCUT2D eigenvalue weighted by Gasteiger charge is 2.09. The Bertz CT molecular complexity index is 740. The summed E-state index contributed by atoms with van der Waals surface area (Å²) in [7, 11) is 0. The first-order valence-electron chi connectivity index (χ1n) is 5.27. The molecule has 3 aromatic rings. The van der Waals surface area contributed by atoms with Gasteiger partial charge in [-0.1, -0.05) is 6.07 Å². The molecule has 0 aromatic carbocycles. The van der Waals surface area contributed by atoms with Crippen molar-refractivity contribution in [3.8, 4) is 0 Å². The van der Waals surface area contributed by atoms with E-state index >= 15 is 0 Å². The molecular formula is C11H7N5O2S. The summed E-state index contributed by atoms with van der Waals surface area (Å²) in [6, 6.07) is 5.59. The van der Waals surface area contributed by atoms with Crippen molar-refractivity contribution in [3.05, 3.63) is 42.5 Å². The SMILES string of the molecule is O=C(O)c1cnc(Sc2nnc3ccccn23)cn1. The molecule has 0 aliphatic carbocycles. The number of fused-ring (bicyclic) bond motifs is 1. The van der Waals surface area contributed by atoms with Crippen LogP contribution in [0.1, 0.15) is 10.5 Å². The molecule has 3 heterocycles. The molecule has 7 nitrogen and oxygen atoms in total. The first-order valence-corrected chi connectivity index (χ1v) is 6.08. The van der Waals surface area contributed by atoms with E-state index in [1.807, 2.05) is 28.8 Å². The zero-order valence-corrected chi connectivity index (χ0v) is 10.3. The maximum Gasteiger partial charge on any atom is 0.356 e. The van der Waals surface area contributed by atoms with Crippen molar-refractivity contribution in [2.45, 2.75) is 10.2 Å². The number of hydrogen-bond acceptors (Lipinski definition) is 6. The summed E-state index contributed by atoms with van der Waals surface area (Å²) in [4.78, 5) is 18.5. The fourth-order valence-electron chi connectivity index (χ4n) is 1.46. The monoisotopic (exact) mass is 273 g/mol. The molecule has 0 spiro atoms. The van der Waals surface area contributed by atoms with Crippen LogP contribution in [0, 0.1) is 0 Å². The Morgan fingerprint density at radius 1 is 1.21 bits per heavy atom. The van der Waals surface area contributed by atoms with Gasteiger partial charge in [0.25, 0.3) is 0 Å². The first kappa shape index (κ1) is 11.6. The maximum atomic E-state index is 10.7. The van der Waals surface area contributed by atoms with Crippen molar-refractivity contribution in [2.24, 2.45) is 0 Å². The van der Waals surface area contributed by atoms with E-state index in [1.54, 1.807) is 0 Å². The summed E-state index contributed by atoms with van der Waals surface area (Å²) in [5.74, 6) is -1.10. The molecule has 0 radical (unpaired) electrons. The van der Waals surface area contributed by atoms with Gasteiger partial charge in [0.15, 0.2) is 11.3 Å². The third-order valence-electron chi connectivity index (χ3n) is 2.33. The Balaban J connectivity index is 1.90. The van der Waals surface area contributed by atoms with Crippen molar-refractivity contribution in [1.29, 1.82) is 0 Å². The number of carboxylic acids is 1. The van der Waals surface area contributed by atoms with Gasteiger partial charge < -0.3 is 5.11 Å². The molecule has 0 saturated heterocycles. The number of hydrogen-bond donors (Lipinski definition) is 1. The molecule has 1 N–H and O–H groups in total. The molecule has 0 aliphatic rings. The summed E-state index contributed by atoms with van der Waals surface area (Å²) >= 11 is 1.27. The van der Waals surface area contributed by atoms with E-state index in [0.29, 0.717) is 10.2 Å². The van der Waals surface area contributed by atoms with Crippen LogP contribution in [0.5, 0.6) is 0 Å². The Kier molecular flexibility index (Phi) is 2.84. The second-order valence-corrected chi connectivity index (χ2v) is 4.55. The summed E-state index contributed by atoms with van der Waals surface area (Å²) in [5, 5.41) is 18.0. The molecule has 19 heavy (non-hydrogen) atoms. The Labute approximate surface area is 111 Å². The van der Waals surface area contributed by atoms with E-state index in [-0.39, 0.29) is 5.69 Å². The van der Waals surface area contributed by atoms with E-state index in [0.717, 1.165) is 5.65 Å². The minimum atomic E-state index is -1.10. The lowest BCUT2D eigenvalue weighted by Gasteiger charge is -1.99. The topological polar surface area (TPSA) is 93.3 Å². The average Bonchev–Trinajstić information content (AvgIpc) is 2.83. The number of aromatic nitrogens is 5. The van der Waals surface area contributed by atoms with Gasteiger partial charge in [-0.15, -0.1) is 10.2 Å². The van der Waals surface area contributed by atoms with Gasteiger partial charge in [-0.05, 0) is 23.9 Å². The lowest BCUT2D eigenvalue weighted by molar-refractivity contribution is 0.0689. The maximum absolute atomic E-state index is 10.7. The predicted octanol–water partition coefficient (Wildman–Crippen LogP) is 1.37. The van der Waals surface area contributed by atoms with Crippen LogP contribution >= 0.6 is 11.8 Å². The number of aromatic carboxylic acids is 1. The lowest BCUT2D eigenvalue weighted by atomic mass is 10.5. The number of rotatable bonds is 3. The van der Waals surface area contributed by atoms with E-state index in [2.05, 4.69) is 20.2 Å². The average molecular weight is 273 g/mol. The largest absolute Gasteiger partial charge is 0.476 e. The Hall–Kier alpha value is -2.48. The van der Waals surface area contributed by atoms with Crippen LogP contribution in [0.4, 0.5) is 0 Å². The first-order chi connectivity index (χ1) is 9.24.